The third-order valence-corrected chi connectivity index (χ3v) is 2.43. The van der Waals surface area contributed by atoms with Crippen molar-refractivity contribution < 1.29 is 13.4 Å². The number of carbonyl (C=O) groups excluding carboxylic acids is 1. The van der Waals surface area contributed by atoms with Crippen molar-refractivity contribution in [2.75, 3.05) is 13.2 Å². The van der Waals surface area contributed by atoms with Crippen molar-refractivity contribution in [1.29, 1.82) is 5.26 Å². The number of amides is 1. The number of hydrogen-bond donors (Lipinski definition) is 1. The Morgan fingerprint density at radius 3 is 2.88 bits per heavy atom. The van der Waals surface area contributed by atoms with Gasteiger partial charge in [-0.1, -0.05) is 0 Å². The molecule has 0 fully saturated rings. The predicted molar refractivity (Wildman–Crippen MR) is 57.8 cm³/mol. The van der Waals surface area contributed by atoms with Crippen molar-refractivity contribution in [3.63, 3.8) is 0 Å². The number of nitrogens with two attached hydrogens (primary N) is 1. The molecule has 16 heavy (non-hydrogen) atoms. The summed E-state index contributed by atoms with van der Waals surface area (Å²) in [5, 5.41) is 8.25. The molecule has 0 aliphatic rings. The average Bonchev–Trinajstić information content (AvgIpc) is 2.29. The van der Waals surface area contributed by atoms with E-state index in [1.54, 1.807) is 24.3 Å². The summed E-state index contributed by atoms with van der Waals surface area (Å²) in [4.78, 5) is 12.9. The fourth-order valence-electron chi connectivity index (χ4n) is 1.05. The molecule has 0 saturated heterocycles. The normalized spacial score (nSPS) is 9.44. The third-order valence-electron chi connectivity index (χ3n) is 1.67. The van der Waals surface area contributed by atoms with Gasteiger partial charge in [0.25, 0.3) is 0 Å². The molecule has 1 aromatic carbocycles. The van der Waals surface area contributed by atoms with E-state index in [1.165, 1.54) is 0 Å². The molecular weight excluding hydrogens is 275 g/mol. The van der Waals surface area contributed by atoms with Crippen LogP contribution in [-0.2, 0) is 3.82 Å². The molecule has 0 aromatic heterocycles. The number of nitrogens with zero attached hydrogens (tertiary/aromatic N) is 1. The van der Waals surface area contributed by atoms with E-state index in [4.69, 9.17) is 19.6 Å². The van der Waals surface area contributed by atoms with Crippen molar-refractivity contribution >= 4 is 21.2 Å². The van der Waals surface area contributed by atoms with Crippen LogP contribution in [0.25, 0.3) is 0 Å². The molecule has 1 rings (SSSR count). The van der Waals surface area contributed by atoms with Crippen LogP contribution in [-0.4, -0.2) is 34.4 Å². The molecule has 0 bridgehead atoms. The van der Waals surface area contributed by atoms with Gasteiger partial charge in [0.15, 0.2) is 0 Å². The number of hydrogen-bond acceptors (Lipinski definition) is 4. The van der Waals surface area contributed by atoms with E-state index < -0.39 is 21.2 Å². The maximum atomic E-state index is 11.0. The zero-order chi connectivity index (χ0) is 11.8. The molecule has 6 heteroatoms. The fourth-order valence-corrected chi connectivity index (χ4v) is 1.48. The van der Waals surface area contributed by atoms with Crippen LogP contribution in [0.1, 0.15) is 10.4 Å². The van der Waals surface area contributed by atoms with Gasteiger partial charge in [0.2, 0.25) is 0 Å². The van der Waals surface area contributed by atoms with Gasteiger partial charge in [-0.15, -0.1) is 0 Å². The van der Waals surface area contributed by atoms with Gasteiger partial charge in [-0.3, -0.25) is 0 Å². The standard InChI is InChI=1S/C10H10N2O3Se/c11-7-16-15-6-5-14-9-4-2-1-3-8(9)10(12)13/h1-4H,5-6H2,(H2,12,13). The van der Waals surface area contributed by atoms with Gasteiger partial charge < -0.3 is 0 Å². The summed E-state index contributed by atoms with van der Waals surface area (Å²) in [7, 11) is 0. The second-order valence-corrected chi connectivity index (χ2v) is 3.93. The molecule has 0 aliphatic heterocycles. The van der Waals surface area contributed by atoms with Crippen LogP contribution in [0, 0.1) is 10.2 Å². The van der Waals surface area contributed by atoms with Gasteiger partial charge in [-0.05, 0) is 0 Å². The number of para-hydroxylation sites is 1. The molecule has 84 valence electrons. The number of nitriles is 1. The number of ether oxygens (including phenoxy) is 1. The molecule has 2 N–H and O–H groups in total. The first kappa shape index (κ1) is 12.5. The van der Waals surface area contributed by atoms with E-state index in [9.17, 15) is 4.79 Å². The molecule has 1 aromatic rings. The first-order valence-electron chi connectivity index (χ1n) is 4.45. The zero-order valence-electron chi connectivity index (χ0n) is 8.38. The van der Waals surface area contributed by atoms with E-state index in [0.29, 0.717) is 17.9 Å². The van der Waals surface area contributed by atoms with Gasteiger partial charge in [-0.25, -0.2) is 0 Å². The summed E-state index contributed by atoms with van der Waals surface area (Å²) < 4.78 is 10.3. The van der Waals surface area contributed by atoms with Crippen LogP contribution >= 0.6 is 0 Å². The fraction of sp³-hybridized carbons (Fsp3) is 0.200. The van der Waals surface area contributed by atoms with E-state index >= 15 is 0 Å². The predicted octanol–water partition coefficient (Wildman–Crippen LogP) is 0.281. The summed E-state index contributed by atoms with van der Waals surface area (Å²) in [5.41, 5.74) is 5.52. The number of carbonyl (C=O) groups is 1. The Bertz CT molecular complexity index is 403. The monoisotopic (exact) mass is 286 g/mol. The van der Waals surface area contributed by atoms with Crippen LogP contribution in [0.2, 0.25) is 0 Å². The summed E-state index contributed by atoms with van der Waals surface area (Å²) in [6.45, 7) is 0.606. The van der Waals surface area contributed by atoms with Crippen molar-refractivity contribution in [1.82, 2.24) is 0 Å². The molecule has 5 nitrogen and oxygen atoms in total. The Balaban J connectivity index is 2.47. The summed E-state index contributed by atoms with van der Waals surface area (Å²) in [6, 6.07) is 6.72. The Morgan fingerprint density at radius 1 is 1.44 bits per heavy atom. The summed E-state index contributed by atoms with van der Waals surface area (Å²) in [5.74, 6) is -0.0965. The van der Waals surface area contributed by atoms with Gasteiger partial charge in [-0.2, -0.15) is 0 Å². The first-order valence-corrected chi connectivity index (χ1v) is 6.00. The molecule has 1 amide bonds. The Labute approximate surface area is 99.6 Å². The van der Waals surface area contributed by atoms with Crippen molar-refractivity contribution in [3.05, 3.63) is 29.8 Å². The van der Waals surface area contributed by atoms with Gasteiger partial charge in [0.1, 0.15) is 0 Å². The third kappa shape index (κ3) is 3.91. The van der Waals surface area contributed by atoms with Crippen molar-refractivity contribution in [2.24, 2.45) is 5.73 Å². The molecule has 0 saturated carbocycles. The molecule has 0 unspecified atom stereocenters. The Kier molecular flexibility index (Phi) is 5.37. The number of rotatable bonds is 6. The second kappa shape index (κ2) is 6.85. The quantitative estimate of drug-likeness (QED) is 0.601. The van der Waals surface area contributed by atoms with E-state index in [1.807, 2.05) is 4.97 Å². The summed E-state index contributed by atoms with van der Waals surface area (Å²) in [6.07, 6.45) is 0. The van der Waals surface area contributed by atoms with Crippen LogP contribution in [0.3, 0.4) is 0 Å². The molecule has 0 spiro atoms. The van der Waals surface area contributed by atoms with E-state index in [0.717, 1.165) is 0 Å². The minimum absolute atomic E-state index is 0.285. The van der Waals surface area contributed by atoms with Gasteiger partial charge in [0.05, 0.1) is 0 Å². The first-order chi connectivity index (χ1) is 7.75. The number of benzene rings is 1. The summed E-state index contributed by atoms with van der Waals surface area (Å²) >= 11 is -0.466. The van der Waals surface area contributed by atoms with Crippen LogP contribution in [0.4, 0.5) is 0 Å². The maximum absolute atomic E-state index is 11.0. The molecule has 0 atom stereocenters. The SMILES string of the molecule is N#C[Se]OCCOc1ccccc1C(N)=O. The Hall–Kier alpha value is -1.54. The number of primary amides is 1. The van der Waals surface area contributed by atoms with Crippen LogP contribution in [0.15, 0.2) is 24.3 Å². The van der Waals surface area contributed by atoms with Crippen molar-refractivity contribution in [2.45, 2.75) is 0 Å². The molecule has 0 heterocycles. The molecular formula is C10H10N2O3Se. The Morgan fingerprint density at radius 2 is 2.19 bits per heavy atom. The topological polar surface area (TPSA) is 85.3 Å². The van der Waals surface area contributed by atoms with Gasteiger partial charge >= 0.3 is 99.3 Å². The molecule has 0 radical (unpaired) electrons. The average molecular weight is 285 g/mol. The van der Waals surface area contributed by atoms with Crippen molar-refractivity contribution in [3.8, 4) is 10.7 Å². The van der Waals surface area contributed by atoms with E-state index in [-0.39, 0.29) is 6.61 Å². The van der Waals surface area contributed by atoms with Crippen LogP contribution in [0.5, 0.6) is 5.75 Å². The van der Waals surface area contributed by atoms with E-state index in [2.05, 4.69) is 0 Å². The minimum atomic E-state index is -0.530. The van der Waals surface area contributed by atoms with Gasteiger partial charge in [0, 0.05) is 0 Å². The van der Waals surface area contributed by atoms with Crippen LogP contribution < -0.4 is 10.5 Å². The molecule has 0 aliphatic carbocycles. The second-order valence-electron chi connectivity index (χ2n) is 2.71. The zero-order valence-corrected chi connectivity index (χ0v) is 10.1.